The molecule has 0 saturated heterocycles. The second kappa shape index (κ2) is 3.95. The number of hydrogen-bond donors (Lipinski definition) is 1. The first-order chi connectivity index (χ1) is 6.61. The Kier molecular flexibility index (Phi) is 2.91. The normalized spacial score (nSPS) is 9.64. The van der Waals surface area contributed by atoms with Crippen LogP contribution in [0.15, 0.2) is 12.1 Å². The van der Waals surface area contributed by atoms with Crippen molar-refractivity contribution in [3.8, 4) is 5.75 Å². The zero-order valence-corrected chi connectivity index (χ0v) is 7.83. The minimum Gasteiger partial charge on any atom is -0.494 e. The molecule has 2 N–H and O–H groups in total. The van der Waals surface area contributed by atoms with Gasteiger partial charge in [0.25, 0.3) is 0 Å². The van der Waals surface area contributed by atoms with E-state index in [1.165, 1.54) is 26.4 Å². The topological polar surface area (TPSA) is 61.5 Å². The molecule has 0 amide bonds. The van der Waals surface area contributed by atoms with E-state index < -0.39 is 11.8 Å². The van der Waals surface area contributed by atoms with Crippen LogP contribution >= 0.6 is 0 Å². The lowest BCUT2D eigenvalue weighted by Gasteiger charge is -2.07. The molecule has 0 aliphatic heterocycles. The van der Waals surface area contributed by atoms with Gasteiger partial charge in [-0.3, -0.25) is 0 Å². The van der Waals surface area contributed by atoms with Gasteiger partial charge in [-0.1, -0.05) is 0 Å². The quantitative estimate of drug-likeness (QED) is 0.574. The number of anilines is 1. The number of rotatable bonds is 2. The van der Waals surface area contributed by atoms with Crippen molar-refractivity contribution in [2.24, 2.45) is 0 Å². The van der Waals surface area contributed by atoms with E-state index in [4.69, 9.17) is 5.73 Å². The number of nitrogen functional groups attached to an aromatic ring is 1. The van der Waals surface area contributed by atoms with Crippen molar-refractivity contribution >= 4 is 11.7 Å². The lowest BCUT2D eigenvalue weighted by atomic mass is 10.1. The van der Waals surface area contributed by atoms with Crippen molar-refractivity contribution in [1.82, 2.24) is 0 Å². The van der Waals surface area contributed by atoms with Gasteiger partial charge < -0.3 is 15.2 Å². The van der Waals surface area contributed by atoms with E-state index in [0.29, 0.717) is 0 Å². The molecular weight excluding hydrogens is 189 g/mol. The van der Waals surface area contributed by atoms with Crippen LogP contribution in [0.25, 0.3) is 0 Å². The number of methoxy groups -OCH3 is 2. The van der Waals surface area contributed by atoms with Crippen molar-refractivity contribution in [1.29, 1.82) is 0 Å². The summed E-state index contributed by atoms with van der Waals surface area (Å²) in [4.78, 5) is 11.1. The number of hydrogen-bond acceptors (Lipinski definition) is 4. The molecule has 0 aromatic heterocycles. The van der Waals surface area contributed by atoms with Crippen LogP contribution in [0.1, 0.15) is 10.4 Å². The van der Waals surface area contributed by atoms with Crippen LogP contribution in [0, 0.1) is 5.82 Å². The van der Waals surface area contributed by atoms with Crippen LogP contribution in [-0.2, 0) is 4.74 Å². The molecule has 0 spiro atoms. The zero-order chi connectivity index (χ0) is 10.7. The highest BCUT2D eigenvalue weighted by Crippen LogP contribution is 2.25. The van der Waals surface area contributed by atoms with Crippen LogP contribution in [0.5, 0.6) is 5.75 Å². The molecule has 0 bridgehead atoms. The van der Waals surface area contributed by atoms with Gasteiger partial charge in [0.1, 0.15) is 0 Å². The van der Waals surface area contributed by atoms with Crippen LogP contribution in [0.3, 0.4) is 0 Å². The third-order valence-corrected chi connectivity index (χ3v) is 1.77. The summed E-state index contributed by atoms with van der Waals surface area (Å²) in [6, 6.07) is 2.67. The average molecular weight is 199 g/mol. The second-order valence-electron chi connectivity index (χ2n) is 2.53. The Balaban J connectivity index is 3.24. The average Bonchev–Trinajstić information content (AvgIpc) is 2.21. The first kappa shape index (κ1) is 10.3. The fraction of sp³-hybridized carbons (Fsp3) is 0.222. The Bertz CT molecular complexity index is 365. The predicted octanol–water partition coefficient (Wildman–Crippen LogP) is 1.20. The van der Waals surface area contributed by atoms with Gasteiger partial charge in [0.15, 0.2) is 11.6 Å². The Morgan fingerprint density at radius 3 is 2.57 bits per heavy atom. The van der Waals surface area contributed by atoms with Gasteiger partial charge in [-0.2, -0.15) is 0 Å². The van der Waals surface area contributed by atoms with Gasteiger partial charge in [-0.15, -0.1) is 0 Å². The number of esters is 1. The van der Waals surface area contributed by atoms with Gasteiger partial charge in [-0.25, -0.2) is 9.18 Å². The number of halogens is 1. The standard InChI is InChI=1S/C9H10FNO3/c1-13-6-4-3-5(9(12)14-2)8(11)7(6)10/h3-4H,11H2,1-2H3. The van der Waals surface area contributed by atoms with E-state index in [2.05, 4.69) is 9.47 Å². The Morgan fingerprint density at radius 1 is 1.43 bits per heavy atom. The summed E-state index contributed by atoms with van der Waals surface area (Å²) in [7, 11) is 2.51. The molecule has 76 valence electrons. The van der Waals surface area contributed by atoms with E-state index >= 15 is 0 Å². The minimum atomic E-state index is -0.754. The van der Waals surface area contributed by atoms with E-state index in [0.717, 1.165) is 0 Å². The van der Waals surface area contributed by atoms with Crippen molar-refractivity contribution in [2.45, 2.75) is 0 Å². The molecule has 0 heterocycles. The lowest BCUT2D eigenvalue weighted by molar-refractivity contribution is 0.0601. The lowest BCUT2D eigenvalue weighted by Crippen LogP contribution is -2.08. The first-order valence-corrected chi connectivity index (χ1v) is 3.82. The molecule has 1 aromatic rings. The van der Waals surface area contributed by atoms with Crippen molar-refractivity contribution in [3.05, 3.63) is 23.5 Å². The van der Waals surface area contributed by atoms with Crippen molar-refractivity contribution in [2.75, 3.05) is 20.0 Å². The molecule has 1 aromatic carbocycles. The van der Waals surface area contributed by atoms with Crippen LogP contribution in [-0.4, -0.2) is 20.2 Å². The molecule has 5 heteroatoms. The van der Waals surface area contributed by atoms with Crippen LogP contribution in [0.4, 0.5) is 10.1 Å². The van der Waals surface area contributed by atoms with Gasteiger partial charge in [0, 0.05) is 0 Å². The Morgan fingerprint density at radius 2 is 2.07 bits per heavy atom. The van der Waals surface area contributed by atoms with Crippen LogP contribution < -0.4 is 10.5 Å². The minimum absolute atomic E-state index is 0.00449. The molecule has 0 fully saturated rings. The molecule has 0 unspecified atom stereocenters. The highest BCUT2D eigenvalue weighted by Gasteiger charge is 2.16. The summed E-state index contributed by atoms with van der Waals surface area (Å²) in [5, 5.41) is 0. The summed E-state index contributed by atoms with van der Waals surface area (Å²) in [5.74, 6) is -1.44. The smallest absolute Gasteiger partial charge is 0.340 e. The summed E-state index contributed by atoms with van der Waals surface area (Å²) < 4.78 is 22.4. The third-order valence-electron chi connectivity index (χ3n) is 1.77. The van der Waals surface area contributed by atoms with E-state index in [1.807, 2.05) is 0 Å². The highest BCUT2D eigenvalue weighted by atomic mass is 19.1. The predicted molar refractivity (Wildman–Crippen MR) is 48.7 cm³/mol. The molecular formula is C9H10FNO3. The maximum atomic E-state index is 13.3. The maximum absolute atomic E-state index is 13.3. The van der Waals surface area contributed by atoms with E-state index in [9.17, 15) is 9.18 Å². The largest absolute Gasteiger partial charge is 0.494 e. The fourth-order valence-corrected chi connectivity index (χ4v) is 1.02. The molecule has 0 aliphatic rings. The molecule has 14 heavy (non-hydrogen) atoms. The molecule has 1 rings (SSSR count). The van der Waals surface area contributed by atoms with E-state index in [1.54, 1.807) is 0 Å². The van der Waals surface area contributed by atoms with E-state index in [-0.39, 0.29) is 17.0 Å². The van der Waals surface area contributed by atoms with Crippen molar-refractivity contribution in [3.63, 3.8) is 0 Å². The SMILES string of the molecule is COC(=O)c1ccc(OC)c(F)c1N. The molecule has 0 aliphatic carbocycles. The summed E-state index contributed by atoms with van der Waals surface area (Å²) in [5.41, 5.74) is 5.10. The number of nitrogens with two attached hydrogens (primary N) is 1. The molecule has 0 atom stereocenters. The summed E-state index contributed by atoms with van der Waals surface area (Å²) in [6.07, 6.45) is 0. The number of carbonyl (C=O) groups excluding carboxylic acids is 1. The summed E-state index contributed by atoms with van der Waals surface area (Å²) in [6.45, 7) is 0. The maximum Gasteiger partial charge on any atom is 0.340 e. The molecule has 0 radical (unpaired) electrons. The number of carbonyl (C=O) groups is 1. The van der Waals surface area contributed by atoms with Gasteiger partial charge in [-0.05, 0) is 12.1 Å². The second-order valence-corrected chi connectivity index (χ2v) is 2.53. The highest BCUT2D eigenvalue weighted by molar-refractivity contribution is 5.95. The molecule has 0 saturated carbocycles. The van der Waals surface area contributed by atoms with Gasteiger partial charge >= 0.3 is 5.97 Å². The third kappa shape index (κ3) is 1.61. The number of benzene rings is 1. The molecule has 4 nitrogen and oxygen atoms in total. The Labute approximate surface area is 80.4 Å². The monoisotopic (exact) mass is 199 g/mol. The first-order valence-electron chi connectivity index (χ1n) is 3.82. The fourth-order valence-electron chi connectivity index (χ4n) is 1.02. The van der Waals surface area contributed by atoms with Crippen molar-refractivity contribution < 1.29 is 18.7 Å². The van der Waals surface area contributed by atoms with Crippen LogP contribution in [0.2, 0.25) is 0 Å². The van der Waals surface area contributed by atoms with Gasteiger partial charge in [0.05, 0.1) is 25.5 Å². The Hall–Kier alpha value is -1.78. The number of ether oxygens (including phenoxy) is 2. The van der Waals surface area contributed by atoms with Gasteiger partial charge in [0.2, 0.25) is 0 Å². The zero-order valence-electron chi connectivity index (χ0n) is 7.83. The summed E-state index contributed by atoms with van der Waals surface area (Å²) >= 11 is 0.